The number of rotatable bonds is 6. The molecule has 6 nitrogen and oxygen atoms in total. The van der Waals surface area contributed by atoms with Gasteiger partial charge in [-0.3, -0.25) is 0 Å². The van der Waals surface area contributed by atoms with Gasteiger partial charge in [0, 0.05) is 6.54 Å². The SMILES string of the molecule is O=C(O)C(O)CCNS(=O)(=O)C1CCCC1. The number of carboxylic acids is 1. The summed E-state index contributed by atoms with van der Waals surface area (Å²) in [4.78, 5) is 10.3. The van der Waals surface area contributed by atoms with Gasteiger partial charge in [0.2, 0.25) is 10.0 Å². The van der Waals surface area contributed by atoms with Crippen molar-refractivity contribution in [3.05, 3.63) is 0 Å². The second-order valence-corrected chi connectivity index (χ2v) is 6.03. The van der Waals surface area contributed by atoms with Crippen LogP contribution in [0.2, 0.25) is 0 Å². The standard InChI is InChI=1S/C9H17NO5S/c11-8(9(12)13)5-6-10-16(14,15)7-3-1-2-4-7/h7-8,10-11H,1-6H2,(H,12,13). The lowest BCUT2D eigenvalue weighted by atomic mass is 10.3. The number of aliphatic hydroxyl groups is 1. The molecule has 94 valence electrons. The van der Waals surface area contributed by atoms with Crippen molar-refractivity contribution in [1.82, 2.24) is 4.72 Å². The third-order valence-corrected chi connectivity index (χ3v) is 4.70. The molecule has 1 aliphatic rings. The van der Waals surface area contributed by atoms with Crippen LogP contribution in [-0.4, -0.2) is 42.5 Å². The zero-order valence-corrected chi connectivity index (χ0v) is 9.74. The van der Waals surface area contributed by atoms with Gasteiger partial charge in [0.15, 0.2) is 6.10 Å². The van der Waals surface area contributed by atoms with Crippen LogP contribution in [0.5, 0.6) is 0 Å². The van der Waals surface area contributed by atoms with Gasteiger partial charge in [0.05, 0.1) is 5.25 Å². The number of carboxylic acid groups (broad SMARTS) is 1. The van der Waals surface area contributed by atoms with E-state index in [0.29, 0.717) is 12.8 Å². The first-order valence-electron chi connectivity index (χ1n) is 5.33. The maximum atomic E-state index is 11.6. The molecule has 0 aromatic carbocycles. The van der Waals surface area contributed by atoms with Crippen LogP contribution < -0.4 is 4.72 Å². The van der Waals surface area contributed by atoms with Crippen LogP contribution in [0.25, 0.3) is 0 Å². The summed E-state index contributed by atoms with van der Waals surface area (Å²) >= 11 is 0. The number of aliphatic carboxylic acids is 1. The van der Waals surface area contributed by atoms with Gasteiger partial charge in [-0.05, 0) is 19.3 Å². The molecule has 1 atom stereocenters. The molecule has 0 spiro atoms. The van der Waals surface area contributed by atoms with Crippen molar-refractivity contribution >= 4 is 16.0 Å². The molecule has 7 heteroatoms. The fraction of sp³-hybridized carbons (Fsp3) is 0.889. The molecule has 0 aliphatic heterocycles. The van der Waals surface area contributed by atoms with Crippen molar-refractivity contribution < 1.29 is 23.4 Å². The van der Waals surface area contributed by atoms with Crippen LogP contribution in [0.4, 0.5) is 0 Å². The van der Waals surface area contributed by atoms with E-state index in [-0.39, 0.29) is 18.2 Å². The van der Waals surface area contributed by atoms with E-state index in [1.165, 1.54) is 0 Å². The van der Waals surface area contributed by atoms with Gasteiger partial charge >= 0.3 is 5.97 Å². The van der Waals surface area contributed by atoms with Crippen molar-refractivity contribution in [2.75, 3.05) is 6.54 Å². The Morgan fingerprint density at radius 1 is 1.38 bits per heavy atom. The highest BCUT2D eigenvalue weighted by Gasteiger charge is 2.28. The topological polar surface area (TPSA) is 104 Å². The first-order valence-corrected chi connectivity index (χ1v) is 6.87. The van der Waals surface area contributed by atoms with Gasteiger partial charge in [0.1, 0.15) is 0 Å². The van der Waals surface area contributed by atoms with Crippen molar-refractivity contribution in [2.24, 2.45) is 0 Å². The Morgan fingerprint density at radius 2 is 1.94 bits per heavy atom. The lowest BCUT2D eigenvalue weighted by molar-refractivity contribution is -0.146. The molecular weight excluding hydrogens is 234 g/mol. The van der Waals surface area contributed by atoms with E-state index in [1.807, 2.05) is 0 Å². The number of hydrogen-bond acceptors (Lipinski definition) is 4. The molecule has 0 heterocycles. The maximum Gasteiger partial charge on any atom is 0.332 e. The quantitative estimate of drug-likeness (QED) is 0.600. The van der Waals surface area contributed by atoms with Crippen LogP contribution in [-0.2, 0) is 14.8 Å². The first-order chi connectivity index (χ1) is 7.43. The molecule has 1 fully saturated rings. The summed E-state index contributed by atoms with van der Waals surface area (Å²) in [5.41, 5.74) is 0. The molecular formula is C9H17NO5S. The Hall–Kier alpha value is -0.660. The number of carbonyl (C=O) groups is 1. The Balaban J connectivity index is 2.33. The normalized spacial score (nSPS) is 19.8. The fourth-order valence-electron chi connectivity index (χ4n) is 1.78. The average Bonchev–Trinajstić information content (AvgIpc) is 2.70. The van der Waals surface area contributed by atoms with Crippen LogP contribution >= 0.6 is 0 Å². The Bertz CT molecular complexity index is 334. The van der Waals surface area contributed by atoms with Crippen molar-refractivity contribution in [3.63, 3.8) is 0 Å². The molecule has 1 unspecified atom stereocenters. The third kappa shape index (κ3) is 3.73. The van der Waals surface area contributed by atoms with Gasteiger partial charge in [-0.2, -0.15) is 0 Å². The summed E-state index contributed by atoms with van der Waals surface area (Å²) in [6.45, 7) is -0.0354. The molecule has 0 aromatic rings. The van der Waals surface area contributed by atoms with E-state index in [1.54, 1.807) is 0 Å². The average molecular weight is 251 g/mol. The van der Waals surface area contributed by atoms with E-state index >= 15 is 0 Å². The first kappa shape index (κ1) is 13.4. The number of hydrogen-bond donors (Lipinski definition) is 3. The Morgan fingerprint density at radius 3 is 2.44 bits per heavy atom. The van der Waals surface area contributed by atoms with Crippen molar-refractivity contribution in [3.8, 4) is 0 Å². The lowest BCUT2D eigenvalue weighted by Gasteiger charge is -2.12. The van der Waals surface area contributed by atoms with Crippen molar-refractivity contribution in [1.29, 1.82) is 0 Å². The highest BCUT2D eigenvalue weighted by Crippen LogP contribution is 2.23. The van der Waals surface area contributed by atoms with Crippen LogP contribution in [0.1, 0.15) is 32.1 Å². The summed E-state index contributed by atoms with van der Waals surface area (Å²) in [6, 6.07) is 0. The Kier molecular flexibility index (Phi) is 4.69. The summed E-state index contributed by atoms with van der Waals surface area (Å²) in [7, 11) is -3.34. The molecule has 1 saturated carbocycles. The van der Waals surface area contributed by atoms with Gasteiger partial charge in [-0.1, -0.05) is 12.8 Å². The molecule has 0 bridgehead atoms. The van der Waals surface area contributed by atoms with E-state index in [0.717, 1.165) is 12.8 Å². The van der Waals surface area contributed by atoms with Crippen LogP contribution in [0, 0.1) is 0 Å². The third-order valence-electron chi connectivity index (χ3n) is 2.75. The zero-order valence-electron chi connectivity index (χ0n) is 8.92. The van der Waals surface area contributed by atoms with Gasteiger partial charge < -0.3 is 10.2 Å². The van der Waals surface area contributed by atoms with E-state index in [2.05, 4.69) is 4.72 Å². The molecule has 0 aromatic heterocycles. The number of aliphatic hydroxyl groups excluding tert-OH is 1. The summed E-state index contributed by atoms with van der Waals surface area (Å²) in [6.07, 6.45) is 1.55. The molecule has 3 N–H and O–H groups in total. The summed E-state index contributed by atoms with van der Waals surface area (Å²) in [5.74, 6) is -1.33. The van der Waals surface area contributed by atoms with E-state index < -0.39 is 22.1 Å². The van der Waals surface area contributed by atoms with Crippen LogP contribution in [0.3, 0.4) is 0 Å². The molecule has 16 heavy (non-hydrogen) atoms. The molecule has 0 amide bonds. The number of nitrogens with one attached hydrogen (secondary N) is 1. The molecule has 1 rings (SSSR count). The van der Waals surface area contributed by atoms with Crippen LogP contribution in [0.15, 0.2) is 0 Å². The smallest absolute Gasteiger partial charge is 0.332 e. The predicted molar refractivity (Wildman–Crippen MR) is 57.4 cm³/mol. The molecule has 1 aliphatic carbocycles. The number of sulfonamides is 1. The second-order valence-electron chi connectivity index (χ2n) is 3.99. The highest BCUT2D eigenvalue weighted by atomic mass is 32.2. The van der Waals surface area contributed by atoms with E-state index in [9.17, 15) is 13.2 Å². The van der Waals surface area contributed by atoms with Gasteiger partial charge in [0.25, 0.3) is 0 Å². The molecule has 0 saturated heterocycles. The minimum atomic E-state index is -3.34. The minimum absolute atomic E-state index is 0.0354. The van der Waals surface area contributed by atoms with Gasteiger partial charge in [-0.25, -0.2) is 17.9 Å². The van der Waals surface area contributed by atoms with Crippen molar-refractivity contribution in [2.45, 2.75) is 43.5 Å². The summed E-state index contributed by atoms with van der Waals surface area (Å²) in [5, 5.41) is 17.0. The predicted octanol–water partition coefficient (Wildman–Crippen LogP) is -0.316. The second kappa shape index (κ2) is 5.60. The Labute approximate surface area is 94.7 Å². The maximum absolute atomic E-state index is 11.6. The minimum Gasteiger partial charge on any atom is -0.479 e. The fourth-order valence-corrected chi connectivity index (χ4v) is 3.37. The lowest BCUT2D eigenvalue weighted by Crippen LogP contribution is -2.35. The monoisotopic (exact) mass is 251 g/mol. The largest absolute Gasteiger partial charge is 0.479 e. The molecule has 0 radical (unpaired) electrons. The highest BCUT2D eigenvalue weighted by molar-refractivity contribution is 7.90. The zero-order chi connectivity index (χ0) is 12.2. The summed E-state index contributed by atoms with van der Waals surface area (Å²) < 4.78 is 25.6. The van der Waals surface area contributed by atoms with Gasteiger partial charge in [-0.15, -0.1) is 0 Å². The van der Waals surface area contributed by atoms with E-state index in [4.69, 9.17) is 10.2 Å².